The lowest BCUT2D eigenvalue weighted by atomic mass is 10.1. The van der Waals surface area contributed by atoms with Crippen molar-refractivity contribution in [2.24, 2.45) is 0 Å². The molecule has 0 radical (unpaired) electrons. The van der Waals surface area contributed by atoms with Crippen molar-refractivity contribution in [1.29, 1.82) is 0 Å². The molecule has 24 heavy (non-hydrogen) atoms. The number of aliphatic hydroxyl groups excluding tert-OH is 1. The van der Waals surface area contributed by atoms with Gasteiger partial charge in [0.15, 0.2) is 11.5 Å². The van der Waals surface area contributed by atoms with Gasteiger partial charge in [0.1, 0.15) is 12.1 Å². The van der Waals surface area contributed by atoms with Crippen molar-refractivity contribution in [1.82, 2.24) is 15.2 Å². The quantitative estimate of drug-likeness (QED) is 0.408. The van der Waals surface area contributed by atoms with Crippen molar-refractivity contribution in [2.75, 3.05) is 7.11 Å². The summed E-state index contributed by atoms with van der Waals surface area (Å²) in [6, 6.07) is 9.63. The monoisotopic (exact) mass is 341 g/mol. The highest BCUT2D eigenvalue weighted by Crippen LogP contribution is 2.21. The van der Waals surface area contributed by atoms with Gasteiger partial charge in [-0.3, -0.25) is 9.89 Å². The van der Waals surface area contributed by atoms with Gasteiger partial charge in [-0.2, -0.15) is 5.10 Å². The molecule has 0 aliphatic carbocycles. The van der Waals surface area contributed by atoms with Crippen LogP contribution in [-0.4, -0.2) is 33.2 Å². The molecule has 0 fully saturated rings. The molecule has 0 unspecified atom stereocenters. The number of aromatic amines is 1. The van der Waals surface area contributed by atoms with E-state index in [1.54, 1.807) is 7.11 Å². The SMILES string of the molecule is COc1ccc(Cc2csc(C(=O)C=C(O)c3nc[nH]n3)c2)cc1. The third-order valence-electron chi connectivity index (χ3n) is 3.38. The Bertz CT molecular complexity index is 852. The first-order valence-corrected chi connectivity index (χ1v) is 8.05. The fourth-order valence-electron chi connectivity index (χ4n) is 2.17. The normalized spacial score (nSPS) is 11.5. The molecule has 0 aliphatic rings. The third-order valence-corrected chi connectivity index (χ3v) is 4.37. The molecule has 0 atom stereocenters. The Morgan fingerprint density at radius 3 is 2.79 bits per heavy atom. The molecule has 6 nitrogen and oxygen atoms in total. The zero-order valence-corrected chi connectivity index (χ0v) is 13.7. The maximum absolute atomic E-state index is 12.2. The fourth-order valence-corrected chi connectivity index (χ4v) is 2.99. The molecule has 0 amide bonds. The predicted octanol–water partition coefficient (Wildman–Crippen LogP) is 3.25. The molecule has 0 saturated heterocycles. The molecule has 0 bridgehead atoms. The summed E-state index contributed by atoms with van der Waals surface area (Å²) < 4.78 is 5.14. The Labute approximate surface area is 142 Å². The van der Waals surface area contributed by atoms with Crippen LogP contribution in [0.3, 0.4) is 0 Å². The van der Waals surface area contributed by atoms with Gasteiger partial charge in [-0.25, -0.2) is 4.98 Å². The highest BCUT2D eigenvalue weighted by atomic mass is 32.1. The second kappa shape index (κ2) is 7.10. The summed E-state index contributed by atoms with van der Waals surface area (Å²) in [6.45, 7) is 0. The number of nitrogens with one attached hydrogen (secondary N) is 1. The van der Waals surface area contributed by atoms with Crippen LogP contribution in [0.1, 0.15) is 26.6 Å². The van der Waals surface area contributed by atoms with Crippen molar-refractivity contribution < 1.29 is 14.6 Å². The Morgan fingerprint density at radius 1 is 1.33 bits per heavy atom. The number of benzene rings is 1. The van der Waals surface area contributed by atoms with Crippen LogP contribution in [0.4, 0.5) is 0 Å². The standard InChI is InChI=1S/C17H15N3O3S/c1-23-13-4-2-11(3-5-13)6-12-7-16(24-9-12)14(21)8-15(22)17-18-10-19-20-17/h2-5,7-10,22H,6H2,1H3,(H,18,19,20). The van der Waals surface area contributed by atoms with Gasteiger partial charge in [0.2, 0.25) is 5.82 Å². The minimum Gasteiger partial charge on any atom is -0.504 e. The van der Waals surface area contributed by atoms with Crippen molar-refractivity contribution in [3.8, 4) is 5.75 Å². The summed E-state index contributed by atoms with van der Waals surface area (Å²) in [4.78, 5) is 16.5. The zero-order valence-electron chi connectivity index (χ0n) is 12.9. The number of aromatic nitrogens is 3. The van der Waals surface area contributed by atoms with Gasteiger partial charge in [0.25, 0.3) is 0 Å². The first-order valence-electron chi connectivity index (χ1n) is 7.17. The van der Waals surface area contributed by atoms with Gasteiger partial charge >= 0.3 is 0 Å². The van der Waals surface area contributed by atoms with E-state index in [0.717, 1.165) is 29.4 Å². The van der Waals surface area contributed by atoms with E-state index in [1.807, 2.05) is 35.7 Å². The molecular formula is C17H15N3O3S. The van der Waals surface area contributed by atoms with E-state index >= 15 is 0 Å². The summed E-state index contributed by atoms with van der Waals surface area (Å²) in [7, 11) is 1.63. The number of hydrogen-bond acceptors (Lipinski definition) is 6. The van der Waals surface area contributed by atoms with Crippen molar-refractivity contribution in [3.05, 3.63) is 69.9 Å². The summed E-state index contributed by atoms with van der Waals surface area (Å²) >= 11 is 1.35. The number of hydrogen-bond donors (Lipinski definition) is 2. The van der Waals surface area contributed by atoms with Crippen LogP contribution in [0.25, 0.3) is 5.76 Å². The number of ether oxygens (including phenoxy) is 1. The van der Waals surface area contributed by atoms with Crippen LogP contribution >= 0.6 is 11.3 Å². The number of aliphatic hydroxyl groups is 1. The topological polar surface area (TPSA) is 88.1 Å². The Balaban J connectivity index is 1.70. The number of carbonyl (C=O) groups excluding carboxylic acids is 1. The molecule has 7 heteroatoms. The fraction of sp³-hybridized carbons (Fsp3) is 0.118. The molecule has 2 aromatic heterocycles. The lowest BCUT2D eigenvalue weighted by Crippen LogP contribution is -1.95. The average Bonchev–Trinajstić information content (AvgIpc) is 3.27. The van der Waals surface area contributed by atoms with Crippen molar-refractivity contribution in [3.63, 3.8) is 0 Å². The van der Waals surface area contributed by atoms with Crippen LogP contribution in [-0.2, 0) is 6.42 Å². The molecule has 122 valence electrons. The highest BCUT2D eigenvalue weighted by Gasteiger charge is 2.11. The van der Waals surface area contributed by atoms with Gasteiger partial charge < -0.3 is 9.84 Å². The first kappa shape index (κ1) is 15.9. The number of rotatable bonds is 6. The molecule has 0 aliphatic heterocycles. The minimum atomic E-state index is -0.275. The number of allylic oxidation sites excluding steroid dienone is 1. The van der Waals surface area contributed by atoms with E-state index in [9.17, 15) is 9.90 Å². The highest BCUT2D eigenvalue weighted by molar-refractivity contribution is 7.12. The molecular weight excluding hydrogens is 326 g/mol. The lowest BCUT2D eigenvalue weighted by Gasteiger charge is -2.02. The largest absolute Gasteiger partial charge is 0.504 e. The van der Waals surface area contributed by atoms with Gasteiger partial charge in [0.05, 0.1) is 12.0 Å². The minimum absolute atomic E-state index is 0.0957. The maximum Gasteiger partial charge on any atom is 0.215 e. The van der Waals surface area contributed by atoms with Crippen LogP contribution in [0.2, 0.25) is 0 Å². The number of ketones is 1. The number of thiophene rings is 1. The number of nitrogens with zero attached hydrogens (tertiary/aromatic N) is 2. The van der Waals surface area contributed by atoms with E-state index in [2.05, 4.69) is 15.2 Å². The second-order valence-electron chi connectivity index (χ2n) is 5.06. The van der Waals surface area contributed by atoms with E-state index in [-0.39, 0.29) is 17.4 Å². The Kier molecular flexibility index (Phi) is 4.72. The van der Waals surface area contributed by atoms with Crippen molar-refractivity contribution in [2.45, 2.75) is 6.42 Å². The summed E-state index contributed by atoms with van der Waals surface area (Å²) in [6.07, 6.45) is 3.19. The molecule has 3 rings (SSSR count). The molecule has 0 spiro atoms. The summed E-state index contributed by atoms with van der Waals surface area (Å²) in [5, 5.41) is 18.0. The third kappa shape index (κ3) is 3.69. The second-order valence-corrected chi connectivity index (χ2v) is 5.97. The van der Waals surface area contributed by atoms with E-state index in [1.165, 1.54) is 17.7 Å². The Hall–Kier alpha value is -2.93. The zero-order chi connectivity index (χ0) is 16.9. The van der Waals surface area contributed by atoms with Crippen LogP contribution in [0.15, 0.2) is 48.1 Å². The molecule has 1 aromatic carbocycles. The van der Waals surface area contributed by atoms with Crippen LogP contribution in [0, 0.1) is 0 Å². The summed E-state index contributed by atoms with van der Waals surface area (Å²) in [5.41, 5.74) is 2.17. The van der Waals surface area contributed by atoms with E-state index in [0.29, 0.717) is 4.88 Å². The predicted molar refractivity (Wildman–Crippen MR) is 91.4 cm³/mol. The van der Waals surface area contributed by atoms with Crippen molar-refractivity contribution >= 4 is 22.9 Å². The average molecular weight is 341 g/mol. The smallest absolute Gasteiger partial charge is 0.215 e. The Morgan fingerprint density at radius 2 is 2.12 bits per heavy atom. The molecule has 2 N–H and O–H groups in total. The lowest BCUT2D eigenvalue weighted by molar-refractivity contribution is 0.104. The van der Waals surface area contributed by atoms with Crippen LogP contribution in [0.5, 0.6) is 5.75 Å². The first-order chi connectivity index (χ1) is 11.7. The van der Waals surface area contributed by atoms with E-state index in [4.69, 9.17) is 4.74 Å². The number of H-pyrrole nitrogens is 1. The van der Waals surface area contributed by atoms with Gasteiger partial charge in [-0.15, -0.1) is 11.3 Å². The van der Waals surface area contributed by atoms with Gasteiger partial charge in [-0.1, -0.05) is 12.1 Å². The maximum atomic E-state index is 12.2. The van der Waals surface area contributed by atoms with Crippen LogP contribution < -0.4 is 4.74 Å². The number of carbonyl (C=O) groups is 1. The molecule has 0 saturated carbocycles. The molecule has 3 aromatic rings. The van der Waals surface area contributed by atoms with Gasteiger partial charge in [-0.05, 0) is 41.1 Å². The summed E-state index contributed by atoms with van der Waals surface area (Å²) in [5.74, 6) is 0.375. The molecule has 2 heterocycles. The van der Waals surface area contributed by atoms with Gasteiger partial charge in [0, 0.05) is 6.08 Å². The number of methoxy groups -OCH3 is 1. The van der Waals surface area contributed by atoms with E-state index < -0.39 is 0 Å².